The average molecular weight is 358 g/mol. The van der Waals surface area contributed by atoms with Gasteiger partial charge in [0.2, 0.25) is 5.91 Å². The van der Waals surface area contributed by atoms with Gasteiger partial charge in [-0.1, -0.05) is 43.5 Å². The Labute approximate surface area is 151 Å². The van der Waals surface area contributed by atoms with Crippen molar-refractivity contribution in [3.63, 3.8) is 0 Å². The van der Waals surface area contributed by atoms with Crippen molar-refractivity contribution in [2.24, 2.45) is 0 Å². The van der Waals surface area contributed by atoms with Gasteiger partial charge in [-0.2, -0.15) is 0 Å². The molecule has 0 spiro atoms. The first-order valence-corrected chi connectivity index (χ1v) is 9.28. The lowest BCUT2D eigenvalue weighted by molar-refractivity contribution is -0.126. The number of fused-ring (bicyclic) bond motifs is 1. The fourth-order valence-electron chi connectivity index (χ4n) is 3.14. The largest absolute Gasteiger partial charge is 0.349 e. The topological polar surface area (TPSA) is 75.2 Å². The van der Waals surface area contributed by atoms with Crippen molar-refractivity contribution < 1.29 is 9.59 Å². The van der Waals surface area contributed by atoms with E-state index in [1.165, 1.54) is 11.5 Å². The van der Waals surface area contributed by atoms with Gasteiger partial charge in [0.1, 0.15) is 6.04 Å². The molecular formula is C18H22N4O2S. The van der Waals surface area contributed by atoms with Gasteiger partial charge in [0.05, 0.1) is 17.1 Å². The van der Waals surface area contributed by atoms with Crippen molar-refractivity contribution in [1.82, 2.24) is 19.8 Å². The number of nitrogens with one attached hydrogen (secondary N) is 1. The zero-order valence-electron chi connectivity index (χ0n) is 14.7. The molecule has 1 N–H and O–H groups in total. The van der Waals surface area contributed by atoms with Crippen LogP contribution in [0.4, 0.5) is 0 Å². The number of hydrogen-bond acceptors (Lipinski definition) is 5. The van der Waals surface area contributed by atoms with Crippen molar-refractivity contribution in [3.05, 3.63) is 46.0 Å². The number of rotatable bonds is 6. The van der Waals surface area contributed by atoms with E-state index >= 15 is 0 Å². The van der Waals surface area contributed by atoms with Gasteiger partial charge < -0.3 is 10.2 Å². The summed E-state index contributed by atoms with van der Waals surface area (Å²) in [5.41, 5.74) is 2.60. The molecule has 1 atom stereocenters. The van der Waals surface area contributed by atoms with Gasteiger partial charge in [-0.15, -0.1) is 5.10 Å². The van der Waals surface area contributed by atoms with Crippen LogP contribution in [0.5, 0.6) is 0 Å². The van der Waals surface area contributed by atoms with Crippen LogP contribution in [0.15, 0.2) is 24.3 Å². The van der Waals surface area contributed by atoms with E-state index in [0.717, 1.165) is 16.1 Å². The van der Waals surface area contributed by atoms with Crippen LogP contribution >= 0.6 is 11.5 Å². The van der Waals surface area contributed by atoms with Crippen molar-refractivity contribution in [2.45, 2.75) is 52.2 Å². The molecule has 1 aliphatic heterocycles. The maximum absolute atomic E-state index is 12.7. The van der Waals surface area contributed by atoms with Crippen molar-refractivity contribution in [3.8, 4) is 0 Å². The molecule has 1 aromatic carbocycles. The van der Waals surface area contributed by atoms with Gasteiger partial charge in [-0.05, 0) is 35.5 Å². The molecule has 0 bridgehead atoms. The summed E-state index contributed by atoms with van der Waals surface area (Å²) in [5, 5.41) is 7.08. The van der Waals surface area contributed by atoms with E-state index in [1.54, 1.807) is 4.90 Å². The SMILES string of the molecule is CCC(C(=O)NCc1snnc1C(C)C)N1Cc2ccccc2C1=O. The van der Waals surface area contributed by atoms with E-state index in [9.17, 15) is 9.59 Å². The van der Waals surface area contributed by atoms with Gasteiger partial charge in [-0.3, -0.25) is 9.59 Å². The van der Waals surface area contributed by atoms with Crippen molar-refractivity contribution in [1.29, 1.82) is 0 Å². The van der Waals surface area contributed by atoms with E-state index < -0.39 is 6.04 Å². The van der Waals surface area contributed by atoms with Gasteiger partial charge in [-0.25, -0.2) is 0 Å². The maximum atomic E-state index is 12.7. The number of amides is 2. The summed E-state index contributed by atoms with van der Waals surface area (Å²) in [6.07, 6.45) is 0.573. The molecule has 0 saturated carbocycles. The molecule has 0 aliphatic carbocycles. The summed E-state index contributed by atoms with van der Waals surface area (Å²) < 4.78 is 3.98. The highest BCUT2D eigenvalue weighted by Gasteiger charge is 2.35. The van der Waals surface area contributed by atoms with Crippen LogP contribution in [0.25, 0.3) is 0 Å². The second kappa shape index (κ2) is 7.31. The van der Waals surface area contributed by atoms with Crippen LogP contribution < -0.4 is 5.32 Å². The van der Waals surface area contributed by atoms with E-state index in [-0.39, 0.29) is 17.7 Å². The number of hydrogen-bond donors (Lipinski definition) is 1. The zero-order valence-corrected chi connectivity index (χ0v) is 15.5. The fraction of sp³-hybridized carbons (Fsp3) is 0.444. The normalized spacial score (nSPS) is 14.7. The molecule has 25 heavy (non-hydrogen) atoms. The van der Waals surface area contributed by atoms with Crippen LogP contribution in [-0.4, -0.2) is 32.3 Å². The number of benzene rings is 1. The molecule has 0 saturated heterocycles. The summed E-state index contributed by atoms with van der Waals surface area (Å²) in [6, 6.07) is 7.06. The zero-order chi connectivity index (χ0) is 18.0. The van der Waals surface area contributed by atoms with E-state index in [4.69, 9.17) is 0 Å². The summed E-state index contributed by atoms with van der Waals surface area (Å²) in [6.45, 7) is 6.91. The van der Waals surface area contributed by atoms with Crippen molar-refractivity contribution >= 4 is 23.3 Å². The standard InChI is InChI=1S/C18H22N4O2S/c1-4-14(22-10-12-7-5-6-8-13(12)18(22)24)17(23)19-9-15-16(11(2)3)20-21-25-15/h5-8,11,14H,4,9-10H2,1-3H3,(H,19,23). The third kappa shape index (κ3) is 3.42. The second-order valence-electron chi connectivity index (χ2n) is 6.47. The van der Waals surface area contributed by atoms with Gasteiger partial charge in [0, 0.05) is 12.1 Å². The third-order valence-corrected chi connectivity index (χ3v) is 5.21. The van der Waals surface area contributed by atoms with Gasteiger partial charge in [0.15, 0.2) is 0 Å². The minimum atomic E-state index is -0.469. The summed E-state index contributed by atoms with van der Waals surface area (Å²) >= 11 is 1.31. The van der Waals surface area contributed by atoms with Gasteiger partial charge >= 0.3 is 0 Å². The smallest absolute Gasteiger partial charge is 0.255 e. The molecule has 2 aromatic rings. The monoisotopic (exact) mass is 358 g/mol. The predicted molar refractivity (Wildman–Crippen MR) is 96.2 cm³/mol. The molecule has 2 heterocycles. The van der Waals surface area contributed by atoms with Crippen LogP contribution in [-0.2, 0) is 17.9 Å². The second-order valence-corrected chi connectivity index (χ2v) is 7.31. The third-order valence-electron chi connectivity index (χ3n) is 4.47. The summed E-state index contributed by atoms with van der Waals surface area (Å²) in [5.74, 6) is 0.0639. The Balaban J connectivity index is 1.68. The maximum Gasteiger partial charge on any atom is 0.255 e. The molecule has 7 heteroatoms. The first kappa shape index (κ1) is 17.5. The Morgan fingerprint density at radius 1 is 1.36 bits per heavy atom. The van der Waals surface area contributed by atoms with E-state index in [0.29, 0.717) is 25.1 Å². The molecular weight excluding hydrogens is 336 g/mol. The van der Waals surface area contributed by atoms with Crippen LogP contribution in [0.2, 0.25) is 0 Å². The molecule has 3 rings (SSSR count). The minimum absolute atomic E-state index is 0.0695. The Kier molecular flexibility index (Phi) is 5.13. The quantitative estimate of drug-likeness (QED) is 0.861. The lowest BCUT2D eigenvalue weighted by atomic mass is 10.1. The average Bonchev–Trinajstić information content (AvgIpc) is 3.20. The van der Waals surface area contributed by atoms with Crippen LogP contribution in [0.3, 0.4) is 0 Å². The number of nitrogens with zero attached hydrogens (tertiary/aromatic N) is 3. The fourth-order valence-corrected chi connectivity index (χ4v) is 3.87. The van der Waals surface area contributed by atoms with Crippen LogP contribution in [0, 0.1) is 0 Å². The molecule has 0 radical (unpaired) electrons. The lowest BCUT2D eigenvalue weighted by Gasteiger charge is -2.25. The Morgan fingerprint density at radius 3 is 2.80 bits per heavy atom. The number of carbonyl (C=O) groups excluding carboxylic acids is 2. The Morgan fingerprint density at radius 2 is 2.12 bits per heavy atom. The first-order valence-electron chi connectivity index (χ1n) is 8.50. The Bertz CT molecular complexity index is 787. The summed E-state index contributed by atoms with van der Waals surface area (Å²) in [7, 11) is 0. The minimum Gasteiger partial charge on any atom is -0.349 e. The molecule has 1 unspecified atom stereocenters. The number of carbonyl (C=O) groups is 2. The van der Waals surface area contributed by atoms with Crippen LogP contribution in [0.1, 0.15) is 59.6 Å². The molecule has 1 aliphatic rings. The van der Waals surface area contributed by atoms with Gasteiger partial charge in [0.25, 0.3) is 5.91 Å². The first-order chi connectivity index (χ1) is 12.0. The van der Waals surface area contributed by atoms with E-state index in [1.807, 2.05) is 31.2 Å². The van der Waals surface area contributed by atoms with E-state index in [2.05, 4.69) is 28.8 Å². The predicted octanol–water partition coefficient (Wildman–Crippen LogP) is 2.71. The number of aromatic nitrogens is 2. The highest BCUT2D eigenvalue weighted by Crippen LogP contribution is 2.25. The highest BCUT2D eigenvalue weighted by atomic mass is 32.1. The molecule has 0 fully saturated rings. The molecule has 1 aromatic heterocycles. The Hall–Kier alpha value is -2.28. The highest BCUT2D eigenvalue weighted by molar-refractivity contribution is 7.05. The lowest BCUT2D eigenvalue weighted by Crippen LogP contribution is -2.46. The summed E-state index contributed by atoms with van der Waals surface area (Å²) in [4.78, 5) is 27.9. The van der Waals surface area contributed by atoms with Crippen molar-refractivity contribution in [2.75, 3.05) is 0 Å². The molecule has 132 valence electrons. The molecule has 2 amide bonds. The molecule has 6 nitrogen and oxygen atoms in total.